The van der Waals surface area contributed by atoms with Crippen LogP contribution < -0.4 is 5.32 Å². The van der Waals surface area contributed by atoms with E-state index in [-0.39, 0.29) is 23.3 Å². The predicted octanol–water partition coefficient (Wildman–Crippen LogP) is 2.79. The van der Waals surface area contributed by atoms with Gasteiger partial charge in [-0.15, -0.1) is 0 Å². The molecular weight excluding hydrogens is 282 g/mol. The smallest absolute Gasteiger partial charge is 0.276 e. The highest BCUT2D eigenvalue weighted by Crippen LogP contribution is 2.24. The Morgan fingerprint density at radius 3 is 2.65 bits per heavy atom. The molecule has 0 amide bonds. The second-order valence-electron chi connectivity index (χ2n) is 4.08. The Labute approximate surface area is 120 Å². The molecule has 20 heavy (non-hydrogen) atoms. The van der Waals surface area contributed by atoms with Crippen LogP contribution in [0, 0.1) is 10.1 Å². The summed E-state index contributed by atoms with van der Waals surface area (Å²) in [5.41, 5.74) is 0.691. The number of pyridine rings is 1. The molecule has 0 aliphatic rings. The molecule has 0 fully saturated rings. The van der Waals surface area contributed by atoms with Gasteiger partial charge < -0.3 is 10.4 Å². The summed E-state index contributed by atoms with van der Waals surface area (Å²) in [5, 5.41) is 23.2. The lowest BCUT2D eigenvalue weighted by atomic mass is 10.1. The molecule has 2 aromatic rings. The lowest BCUT2D eigenvalue weighted by Crippen LogP contribution is -2.15. The number of nitrogens with zero attached hydrogens (tertiary/aromatic N) is 2. The summed E-state index contributed by atoms with van der Waals surface area (Å²) in [7, 11) is 0. The van der Waals surface area contributed by atoms with Gasteiger partial charge in [0.1, 0.15) is 11.0 Å². The first-order valence-electron chi connectivity index (χ1n) is 5.84. The molecule has 1 atom stereocenters. The van der Waals surface area contributed by atoms with E-state index in [0.29, 0.717) is 0 Å². The van der Waals surface area contributed by atoms with E-state index < -0.39 is 11.0 Å². The molecule has 6 nitrogen and oxygen atoms in total. The fourth-order valence-electron chi connectivity index (χ4n) is 1.76. The van der Waals surface area contributed by atoms with Crippen LogP contribution in [0.2, 0.25) is 5.15 Å². The Balaban J connectivity index is 2.26. The van der Waals surface area contributed by atoms with E-state index in [1.165, 1.54) is 12.1 Å². The molecule has 1 aromatic heterocycles. The molecule has 0 bridgehead atoms. The monoisotopic (exact) mass is 293 g/mol. The van der Waals surface area contributed by atoms with Crippen LogP contribution in [-0.2, 0) is 0 Å². The fourth-order valence-corrected chi connectivity index (χ4v) is 1.96. The van der Waals surface area contributed by atoms with Crippen molar-refractivity contribution in [1.82, 2.24) is 4.98 Å². The summed E-state index contributed by atoms with van der Waals surface area (Å²) in [6.45, 7) is -0.175. The van der Waals surface area contributed by atoms with E-state index in [1.807, 2.05) is 30.3 Å². The number of rotatable bonds is 5. The first kappa shape index (κ1) is 14.2. The minimum absolute atomic E-state index is 0.0199. The zero-order valence-electron chi connectivity index (χ0n) is 10.4. The van der Waals surface area contributed by atoms with Crippen LogP contribution >= 0.6 is 11.6 Å². The minimum Gasteiger partial charge on any atom is -0.394 e. The summed E-state index contributed by atoms with van der Waals surface area (Å²) in [6.07, 6.45) is 0. The molecule has 0 saturated carbocycles. The summed E-state index contributed by atoms with van der Waals surface area (Å²) >= 11 is 5.75. The van der Waals surface area contributed by atoms with Crippen molar-refractivity contribution in [3.63, 3.8) is 0 Å². The van der Waals surface area contributed by atoms with Gasteiger partial charge in [-0.05, 0) is 5.56 Å². The Hall–Kier alpha value is -2.18. The average Bonchev–Trinajstić information content (AvgIpc) is 2.45. The van der Waals surface area contributed by atoms with Crippen LogP contribution in [0.15, 0.2) is 42.5 Å². The van der Waals surface area contributed by atoms with Gasteiger partial charge in [0.2, 0.25) is 0 Å². The topological polar surface area (TPSA) is 88.3 Å². The standard InChI is InChI=1S/C13H12ClN3O3/c14-12-6-10(17(19)20)7-13(16-12)15-11(8-18)9-4-2-1-3-5-9/h1-7,11,18H,8H2,(H,15,16). The SMILES string of the molecule is O=[N+]([O-])c1cc(Cl)nc(NC(CO)c2ccccc2)c1. The normalized spacial score (nSPS) is 11.9. The van der Waals surface area contributed by atoms with Crippen LogP contribution in [0.5, 0.6) is 0 Å². The highest BCUT2D eigenvalue weighted by atomic mass is 35.5. The third-order valence-corrected chi connectivity index (χ3v) is 2.89. The van der Waals surface area contributed by atoms with Gasteiger partial charge in [-0.3, -0.25) is 10.1 Å². The third-order valence-electron chi connectivity index (χ3n) is 2.70. The molecule has 0 radical (unpaired) electrons. The average molecular weight is 294 g/mol. The highest BCUT2D eigenvalue weighted by Gasteiger charge is 2.14. The molecule has 2 rings (SSSR count). The number of anilines is 1. The molecule has 1 aromatic carbocycles. The molecule has 2 N–H and O–H groups in total. The number of aliphatic hydroxyl groups is 1. The first-order chi connectivity index (χ1) is 9.60. The number of nitro groups is 1. The molecule has 0 aliphatic heterocycles. The Morgan fingerprint density at radius 1 is 1.35 bits per heavy atom. The predicted molar refractivity (Wildman–Crippen MR) is 75.8 cm³/mol. The Morgan fingerprint density at radius 2 is 2.05 bits per heavy atom. The van der Waals surface area contributed by atoms with E-state index in [2.05, 4.69) is 10.3 Å². The Bertz CT molecular complexity index is 607. The number of aliphatic hydroxyl groups excluding tert-OH is 1. The van der Waals surface area contributed by atoms with Gasteiger partial charge in [0.05, 0.1) is 29.7 Å². The van der Waals surface area contributed by atoms with E-state index in [9.17, 15) is 15.2 Å². The van der Waals surface area contributed by atoms with Crippen molar-refractivity contribution in [3.05, 3.63) is 63.3 Å². The number of halogens is 1. The van der Waals surface area contributed by atoms with Crippen LogP contribution in [0.3, 0.4) is 0 Å². The van der Waals surface area contributed by atoms with Gasteiger partial charge >= 0.3 is 0 Å². The zero-order valence-corrected chi connectivity index (χ0v) is 11.1. The van der Waals surface area contributed by atoms with Gasteiger partial charge in [-0.25, -0.2) is 4.98 Å². The van der Waals surface area contributed by atoms with Crippen molar-refractivity contribution in [2.45, 2.75) is 6.04 Å². The van der Waals surface area contributed by atoms with Crippen molar-refractivity contribution in [3.8, 4) is 0 Å². The number of hydrogen-bond acceptors (Lipinski definition) is 5. The van der Waals surface area contributed by atoms with E-state index >= 15 is 0 Å². The van der Waals surface area contributed by atoms with E-state index in [1.54, 1.807) is 0 Å². The zero-order chi connectivity index (χ0) is 14.5. The second-order valence-corrected chi connectivity index (χ2v) is 4.47. The van der Waals surface area contributed by atoms with Crippen LogP contribution in [0.25, 0.3) is 0 Å². The molecular formula is C13H12ClN3O3. The minimum atomic E-state index is -0.546. The van der Waals surface area contributed by atoms with Crippen LogP contribution in [0.1, 0.15) is 11.6 Å². The molecule has 7 heteroatoms. The highest BCUT2D eigenvalue weighted by molar-refractivity contribution is 6.29. The van der Waals surface area contributed by atoms with Gasteiger partial charge in [-0.2, -0.15) is 0 Å². The number of nitrogens with one attached hydrogen (secondary N) is 1. The van der Waals surface area contributed by atoms with Gasteiger partial charge in [0, 0.05) is 0 Å². The number of benzene rings is 1. The maximum absolute atomic E-state index is 10.8. The first-order valence-corrected chi connectivity index (χ1v) is 6.22. The maximum atomic E-state index is 10.8. The van der Waals surface area contributed by atoms with Crippen LogP contribution in [0.4, 0.5) is 11.5 Å². The van der Waals surface area contributed by atoms with Crippen molar-refractivity contribution in [2.75, 3.05) is 11.9 Å². The van der Waals surface area contributed by atoms with E-state index in [0.717, 1.165) is 5.56 Å². The Kier molecular flexibility index (Phi) is 4.49. The van der Waals surface area contributed by atoms with E-state index in [4.69, 9.17) is 11.6 Å². The summed E-state index contributed by atoms with van der Waals surface area (Å²) < 4.78 is 0. The van der Waals surface area contributed by atoms with Crippen molar-refractivity contribution >= 4 is 23.1 Å². The second kappa shape index (κ2) is 6.31. The third kappa shape index (κ3) is 3.43. The number of hydrogen-bond donors (Lipinski definition) is 2. The summed E-state index contributed by atoms with van der Waals surface area (Å²) in [4.78, 5) is 14.2. The largest absolute Gasteiger partial charge is 0.394 e. The summed E-state index contributed by atoms with van der Waals surface area (Å²) in [6, 6.07) is 11.3. The maximum Gasteiger partial charge on any atom is 0.276 e. The molecule has 0 saturated heterocycles. The number of aromatic nitrogens is 1. The molecule has 1 heterocycles. The lowest BCUT2D eigenvalue weighted by molar-refractivity contribution is -0.384. The van der Waals surface area contributed by atoms with Crippen molar-refractivity contribution in [1.29, 1.82) is 0 Å². The van der Waals surface area contributed by atoms with Crippen molar-refractivity contribution < 1.29 is 10.0 Å². The summed E-state index contributed by atoms with van der Waals surface area (Å²) in [5.74, 6) is 0.243. The van der Waals surface area contributed by atoms with Gasteiger partial charge in [0.25, 0.3) is 5.69 Å². The molecule has 0 aliphatic carbocycles. The quantitative estimate of drug-likeness (QED) is 0.503. The van der Waals surface area contributed by atoms with Gasteiger partial charge in [0.15, 0.2) is 0 Å². The lowest BCUT2D eigenvalue weighted by Gasteiger charge is -2.17. The van der Waals surface area contributed by atoms with Gasteiger partial charge in [-0.1, -0.05) is 41.9 Å². The van der Waals surface area contributed by atoms with Crippen LogP contribution in [-0.4, -0.2) is 21.6 Å². The fraction of sp³-hybridized carbons (Fsp3) is 0.154. The van der Waals surface area contributed by atoms with Crippen molar-refractivity contribution in [2.24, 2.45) is 0 Å². The molecule has 1 unspecified atom stereocenters. The molecule has 0 spiro atoms. The molecule has 104 valence electrons.